The zero-order valence-corrected chi connectivity index (χ0v) is 22.1. The van der Waals surface area contributed by atoms with Crippen molar-refractivity contribution in [1.82, 2.24) is 9.97 Å². The van der Waals surface area contributed by atoms with Gasteiger partial charge >= 0.3 is 0 Å². The predicted octanol–water partition coefficient (Wildman–Crippen LogP) is 5.18. The number of carbonyl (C=O) groups excluding carboxylic acids is 1. The molecular weight excluding hydrogens is 571 g/mol. The highest BCUT2D eigenvalue weighted by atomic mass is 79.9. The van der Waals surface area contributed by atoms with Crippen LogP contribution in [0.15, 0.2) is 51.2 Å². The van der Waals surface area contributed by atoms with Crippen LogP contribution >= 0.6 is 27.5 Å². The molecule has 2 heterocycles. The lowest BCUT2D eigenvalue weighted by Crippen LogP contribution is -2.37. The number of hydrogen-bond acceptors (Lipinski definition) is 9. The molecule has 1 amide bonds. The number of amides is 1. The molecule has 0 atom stereocenters. The van der Waals surface area contributed by atoms with E-state index in [1.165, 1.54) is 0 Å². The molecule has 0 spiro atoms. The summed E-state index contributed by atoms with van der Waals surface area (Å²) in [6, 6.07) is 8.91. The summed E-state index contributed by atoms with van der Waals surface area (Å²) in [6.07, 6.45) is 1.04. The van der Waals surface area contributed by atoms with Gasteiger partial charge in [-0.15, -0.1) is 5.11 Å². The molecule has 0 aliphatic carbocycles. The van der Waals surface area contributed by atoms with Gasteiger partial charge in [-0.25, -0.2) is 9.37 Å². The summed E-state index contributed by atoms with van der Waals surface area (Å²) < 4.78 is 25.4. The number of aryl methyl sites for hydroxylation is 1. The highest BCUT2D eigenvalue weighted by Crippen LogP contribution is 2.42. The minimum absolute atomic E-state index is 0.0211. The fourth-order valence-corrected chi connectivity index (χ4v) is 4.48. The van der Waals surface area contributed by atoms with Gasteiger partial charge in [0, 0.05) is 24.3 Å². The van der Waals surface area contributed by atoms with Crippen LogP contribution < -0.4 is 15.0 Å². The predicted molar refractivity (Wildman–Crippen MR) is 139 cm³/mol. The van der Waals surface area contributed by atoms with Gasteiger partial charge in [0.25, 0.3) is 11.9 Å². The number of nitrogens with zero attached hydrogens (tertiary/aromatic N) is 5. The number of aromatic nitrogens is 2. The zero-order chi connectivity index (χ0) is 26.4. The second kappa shape index (κ2) is 12.3. The third-order valence-corrected chi connectivity index (χ3v) is 6.36. The normalized spacial score (nSPS) is 13.7. The number of rotatable bonds is 8. The fraction of sp³-hybridized carbons (Fsp3) is 0.292. The summed E-state index contributed by atoms with van der Waals surface area (Å²) in [5.41, 5.74) is 1.93. The number of azo groups is 1. The number of phenols is 1. The molecular formula is C24H23BrClFN6O4. The Morgan fingerprint density at radius 2 is 2.11 bits per heavy atom. The standard InChI is InChI=1S/C24H23BrClFN6O4/c1-14-4-2-3-5-18(14)30-19(34)13-37-22-16(25)10-15(21(35)20(22)26)11-29-32-24-28-12-17(27)23(31-24)33-6-8-36-9-7-33/h2-5,10,12,35H,6-9,11,13H2,1H3,(H,30,34). The molecule has 2 N–H and O–H groups in total. The molecule has 37 heavy (non-hydrogen) atoms. The van der Waals surface area contributed by atoms with E-state index in [1.54, 1.807) is 17.0 Å². The van der Waals surface area contributed by atoms with Crippen molar-refractivity contribution in [2.45, 2.75) is 13.5 Å². The van der Waals surface area contributed by atoms with E-state index in [1.807, 2.05) is 25.1 Å². The molecule has 194 valence electrons. The van der Waals surface area contributed by atoms with Crippen molar-refractivity contribution in [2.24, 2.45) is 10.2 Å². The van der Waals surface area contributed by atoms with Crippen LogP contribution in [0.3, 0.4) is 0 Å². The number of benzene rings is 2. The number of ether oxygens (including phenoxy) is 2. The van der Waals surface area contributed by atoms with Crippen LogP contribution in [0, 0.1) is 12.7 Å². The van der Waals surface area contributed by atoms with Crippen molar-refractivity contribution < 1.29 is 23.8 Å². The summed E-state index contributed by atoms with van der Waals surface area (Å²) in [4.78, 5) is 22.1. The molecule has 1 aliphatic rings. The van der Waals surface area contributed by atoms with Gasteiger partial charge in [0.2, 0.25) is 0 Å². The summed E-state index contributed by atoms with van der Waals surface area (Å²) in [7, 11) is 0. The number of para-hydroxylation sites is 1. The molecule has 4 rings (SSSR count). The van der Waals surface area contributed by atoms with Gasteiger partial charge in [-0.05, 0) is 40.5 Å². The average molecular weight is 594 g/mol. The number of phenolic OH excluding ortho intramolecular Hbond substituents is 1. The van der Waals surface area contributed by atoms with E-state index >= 15 is 0 Å². The Balaban J connectivity index is 1.41. The average Bonchev–Trinajstić information content (AvgIpc) is 2.89. The van der Waals surface area contributed by atoms with Gasteiger partial charge in [-0.3, -0.25) is 4.79 Å². The molecule has 0 saturated carbocycles. The Morgan fingerprint density at radius 1 is 1.35 bits per heavy atom. The van der Waals surface area contributed by atoms with Gasteiger partial charge in [-0.1, -0.05) is 29.8 Å². The Morgan fingerprint density at radius 3 is 2.86 bits per heavy atom. The number of morpholine rings is 1. The lowest BCUT2D eigenvalue weighted by molar-refractivity contribution is -0.118. The largest absolute Gasteiger partial charge is 0.506 e. The highest BCUT2D eigenvalue weighted by molar-refractivity contribution is 9.10. The van der Waals surface area contributed by atoms with Crippen LogP contribution in [0.1, 0.15) is 11.1 Å². The van der Waals surface area contributed by atoms with Crippen molar-refractivity contribution >= 4 is 50.9 Å². The van der Waals surface area contributed by atoms with Crippen LogP contribution in [-0.4, -0.2) is 53.9 Å². The van der Waals surface area contributed by atoms with E-state index in [9.17, 15) is 14.3 Å². The second-order valence-corrected chi connectivity index (χ2v) is 9.23. The van der Waals surface area contributed by atoms with E-state index in [2.05, 4.69) is 41.4 Å². The first-order valence-electron chi connectivity index (χ1n) is 11.2. The van der Waals surface area contributed by atoms with E-state index in [0.29, 0.717) is 42.0 Å². The fourth-order valence-electron chi connectivity index (χ4n) is 3.50. The minimum Gasteiger partial charge on any atom is -0.506 e. The van der Waals surface area contributed by atoms with Crippen molar-refractivity contribution in [2.75, 3.05) is 43.1 Å². The molecule has 1 aliphatic heterocycles. The van der Waals surface area contributed by atoms with Crippen molar-refractivity contribution in [1.29, 1.82) is 0 Å². The quantitative estimate of drug-likeness (QED) is 0.345. The number of anilines is 2. The monoisotopic (exact) mass is 592 g/mol. The first-order chi connectivity index (χ1) is 17.8. The van der Waals surface area contributed by atoms with Crippen LogP contribution in [0.4, 0.5) is 21.8 Å². The maximum absolute atomic E-state index is 14.2. The van der Waals surface area contributed by atoms with Gasteiger partial charge in [0.1, 0.15) is 10.8 Å². The molecule has 0 unspecified atom stereocenters. The number of hydrogen-bond donors (Lipinski definition) is 2. The van der Waals surface area contributed by atoms with E-state index in [4.69, 9.17) is 21.1 Å². The minimum atomic E-state index is -0.558. The van der Waals surface area contributed by atoms with Crippen LogP contribution in [0.2, 0.25) is 5.02 Å². The summed E-state index contributed by atoms with van der Waals surface area (Å²) in [5, 5.41) is 21.2. The molecule has 2 aromatic carbocycles. The topological polar surface area (TPSA) is 122 Å². The lowest BCUT2D eigenvalue weighted by Gasteiger charge is -2.27. The van der Waals surface area contributed by atoms with E-state index in [-0.39, 0.29) is 47.3 Å². The maximum Gasteiger partial charge on any atom is 0.270 e. The molecule has 0 bridgehead atoms. The third-order valence-electron chi connectivity index (χ3n) is 5.42. The molecule has 10 nitrogen and oxygen atoms in total. The molecule has 3 aromatic rings. The van der Waals surface area contributed by atoms with Gasteiger partial charge < -0.3 is 24.8 Å². The van der Waals surface area contributed by atoms with Crippen LogP contribution in [0.25, 0.3) is 0 Å². The molecule has 1 saturated heterocycles. The SMILES string of the molecule is Cc1ccccc1NC(=O)COc1c(Br)cc(CN=Nc2ncc(F)c(N3CCOCC3)n2)c(O)c1Cl. The summed E-state index contributed by atoms with van der Waals surface area (Å²) >= 11 is 9.65. The number of aromatic hydroxyl groups is 1. The number of halogens is 3. The Kier molecular flexibility index (Phi) is 8.85. The second-order valence-electron chi connectivity index (χ2n) is 8.00. The van der Waals surface area contributed by atoms with Gasteiger partial charge in [0.15, 0.2) is 24.0 Å². The maximum atomic E-state index is 14.2. The molecule has 0 radical (unpaired) electrons. The van der Waals surface area contributed by atoms with E-state index in [0.717, 1.165) is 11.8 Å². The summed E-state index contributed by atoms with van der Waals surface area (Å²) in [5.74, 6) is -0.993. The molecule has 1 fully saturated rings. The van der Waals surface area contributed by atoms with Crippen LogP contribution in [-0.2, 0) is 16.1 Å². The third kappa shape index (κ3) is 6.70. The Labute approximate surface area is 225 Å². The number of nitrogens with one attached hydrogen (secondary N) is 1. The van der Waals surface area contributed by atoms with Gasteiger partial charge in [0.05, 0.1) is 30.4 Å². The highest BCUT2D eigenvalue weighted by Gasteiger charge is 2.19. The van der Waals surface area contributed by atoms with Crippen molar-refractivity contribution in [3.05, 3.63) is 63.0 Å². The first-order valence-corrected chi connectivity index (χ1v) is 12.4. The van der Waals surface area contributed by atoms with Crippen molar-refractivity contribution in [3.63, 3.8) is 0 Å². The van der Waals surface area contributed by atoms with Gasteiger partial charge in [-0.2, -0.15) is 10.1 Å². The van der Waals surface area contributed by atoms with Crippen LogP contribution in [0.5, 0.6) is 11.5 Å². The smallest absolute Gasteiger partial charge is 0.270 e. The van der Waals surface area contributed by atoms with Crippen molar-refractivity contribution in [3.8, 4) is 11.5 Å². The number of carbonyl (C=O) groups is 1. The zero-order valence-electron chi connectivity index (χ0n) is 19.7. The summed E-state index contributed by atoms with van der Waals surface area (Å²) in [6.45, 7) is 3.46. The molecule has 13 heteroatoms. The molecule has 1 aromatic heterocycles. The first kappa shape index (κ1) is 26.7. The van der Waals surface area contributed by atoms with E-state index < -0.39 is 5.82 Å². The lowest BCUT2D eigenvalue weighted by atomic mass is 10.2. The Hall–Kier alpha value is -3.35. The Bertz CT molecular complexity index is 1320.